The van der Waals surface area contributed by atoms with Crippen molar-refractivity contribution in [3.05, 3.63) is 0 Å². The summed E-state index contributed by atoms with van der Waals surface area (Å²) in [5.41, 5.74) is 0.238. The second kappa shape index (κ2) is 6.76. The van der Waals surface area contributed by atoms with Crippen molar-refractivity contribution >= 4 is 0 Å². The summed E-state index contributed by atoms with van der Waals surface area (Å²) < 4.78 is 6.02. The lowest BCUT2D eigenvalue weighted by atomic mass is 9.64. The van der Waals surface area contributed by atoms with Gasteiger partial charge in [0.2, 0.25) is 0 Å². The smallest absolute Gasteiger partial charge is 0.0656 e. The highest BCUT2D eigenvalue weighted by Crippen LogP contribution is 2.43. The molecule has 2 aliphatic rings. The van der Waals surface area contributed by atoms with Crippen LogP contribution < -0.4 is 5.32 Å². The summed E-state index contributed by atoms with van der Waals surface area (Å²) >= 11 is 0. The molecule has 0 aromatic rings. The third-order valence-electron chi connectivity index (χ3n) is 5.49. The molecule has 0 aromatic carbocycles. The predicted octanol–water partition coefficient (Wildman–Crippen LogP) is 2.82. The zero-order valence-electron chi connectivity index (χ0n) is 13.7. The maximum atomic E-state index is 9.39. The van der Waals surface area contributed by atoms with Gasteiger partial charge < -0.3 is 15.2 Å². The molecule has 2 rings (SSSR count). The number of hydrogen-bond donors (Lipinski definition) is 2. The molecule has 2 aliphatic carbocycles. The summed E-state index contributed by atoms with van der Waals surface area (Å²) in [6, 6.07) is 0.569. The second-order valence-electron chi connectivity index (χ2n) is 7.87. The van der Waals surface area contributed by atoms with Gasteiger partial charge in [-0.15, -0.1) is 0 Å². The molecule has 118 valence electrons. The minimum Gasteiger partial charge on any atom is -0.396 e. The maximum Gasteiger partial charge on any atom is 0.0656 e. The van der Waals surface area contributed by atoms with Crippen LogP contribution in [0.1, 0.15) is 53.4 Å². The Morgan fingerprint density at radius 3 is 2.55 bits per heavy atom. The Labute approximate surface area is 124 Å². The molecule has 2 N–H and O–H groups in total. The van der Waals surface area contributed by atoms with E-state index in [-0.39, 0.29) is 5.41 Å². The molecule has 3 heteroatoms. The van der Waals surface area contributed by atoms with E-state index in [0.717, 1.165) is 19.6 Å². The highest BCUT2D eigenvalue weighted by atomic mass is 16.5. The third kappa shape index (κ3) is 3.55. The first-order valence-corrected chi connectivity index (χ1v) is 8.41. The highest BCUT2D eigenvalue weighted by molar-refractivity contribution is 5.03. The summed E-state index contributed by atoms with van der Waals surface area (Å²) in [4.78, 5) is 0. The van der Waals surface area contributed by atoms with Crippen molar-refractivity contribution in [1.29, 1.82) is 0 Å². The maximum absolute atomic E-state index is 9.39. The van der Waals surface area contributed by atoms with Gasteiger partial charge in [0, 0.05) is 24.7 Å². The van der Waals surface area contributed by atoms with Gasteiger partial charge in [-0.25, -0.2) is 0 Å². The summed E-state index contributed by atoms with van der Waals surface area (Å²) in [5, 5.41) is 13.1. The lowest BCUT2D eigenvalue weighted by Crippen LogP contribution is -2.61. The Morgan fingerprint density at radius 2 is 1.95 bits per heavy atom. The van der Waals surface area contributed by atoms with Crippen molar-refractivity contribution in [3.63, 3.8) is 0 Å². The first kappa shape index (κ1) is 16.3. The van der Waals surface area contributed by atoms with Crippen LogP contribution in [0.15, 0.2) is 0 Å². The van der Waals surface area contributed by atoms with Gasteiger partial charge in [-0.1, -0.05) is 34.1 Å². The van der Waals surface area contributed by atoms with Crippen LogP contribution in [-0.4, -0.2) is 37.0 Å². The van der Waals surface area contributed by atoms with Crippen LogP contribution in [0.5, 0.6) is 0 Å². The fraction of sp³-hybridized carbons (Fsp3) is 1.00. The zero-order valence-corrected chi connectivity index (χ0v) is 13.7. The Hall–Kier alpha value is -0.120. The standard InChI is InChI=1S/C17H33NO2/c1-12(2)11-20-16-8-15(17(16,3)4)18-9-13-6-5-7-14(13)10-19/h12-16,18-19H,5-11H2,1-4H3. The second-order valence-corrected chi connectivity index (χ2v) is 7.87. The van der Waals surface area contributed by atoms with Crippen LogP contribution in [0.25, 0.3) is 0 Å². The summed E-state index contributed by atoms with van der Waals surface area (Å²) in [5.74, 6) is 1.81. The van der Waals surface area contributed by atoms with E-state index in [4.69, 9.17) is 4.74 Å². The van der Waals surface area contributed by atoms with E-state index >= 15 is 0 Å². The molecule has 0 aromatic heterocycles. The summed E-state index contributed by atoms with van der Waals surface area (Å²) in [6.45, 7) is 11.3. The molecule has 2 fully saturated rings. The molecule has 0 amide bonds. The number of hydrogen-bond acceptors (Lipinski definition) is 3. The van der Waals surface area contributed by atoms with Crippen LogP contribution in [0, 0.1) is 23.2 Å². The van der Waals surface area contributed by atoms with Gasteiger partial charge in [-0.05, 0) is 43.6 Å². The molecular weight excluding hydrogens is 250 g/mol. The monoisotopic (exact) mass is 283 g/mol. The lowest BCUT2D eigenvalue weighted by molar-refractivity contribution is -0.124. The SMILES string of the molecule is CC(C)COC1CC(NCC2CCCC2CO)C1(C)C. The third-order valence-corrected chi connectivity index (χ3v) is 5.49. The molecule has 3 nitrogen and oxygen atoms in total. The quantitative estimate of drug-likeness (QED) is 0.755. The van der Waals surface area contributed by atoms with Crippen molar-refractivity contribution in [3.8, 4) is 0 Å². The molecule has 0 saturated heterocycles. The van der Waals surface area contributed by atoms with Crippen LogP contribution in [0.4, 0.5) is 0 Å². The average Bonchev–Trinajstić information content (AvgIpc) is 2.83. The number of rotatable bonds is 7. The first-order valence-electron chi connectivity index (χ1n) is 8.41. The molecule has 0 aliphatic heterocycles. The van der Waals surface area contributed by atoms with Gasteiger partial charge in [-0.2, -0.15) is 0 Å². The molecule has 0 bridgehead atoms. The van der Waals surface area contributed by atoms with Crippen LogP contribution in [-0.2, 0) is 4.74 Å². The fourth-order valence-corrected chi connectivity index (χ4v) is 3.74. The van der Waals surface area contributed by atoms with Gasteiger partial charge >= 0.3 is 0 Å². The van der Waals surface area contributed by atoms with Crippen molar-refractivity contribution in [1.82, 2.24) is 5.32 Å². The van der Waals surface area contributed by atoms with E-state index < -0.39 is 0 Å². The van der Waals surface area contributed by atoms with Gasteiger partial charge in [0.25, 0.3) is 0 Å². The lowest BCUT2D eigenvalue weighted by Gasteiger charge is -2.52. The van der Waals surface area contributed by atoms with E-state index in [9.17, 15) is 5.11 Å². The van der Waals surface area contributed by atoms with Gasteiger partial charge in [0.1, 0.15) is 0 Å². The molecule has 2 saturated carbocycles. The van der Waals surface area contributed by atoms with Crippen LogP contribution in [0.3, 0.4) is 0 Å². The van der Waals surface area contributed by atoms with E-state index in [1.165, 1.54) is 19.3 Å². The van der Waals surface area contributed by atoms with E-state index in [2.05, 4.69) is 33.0 Å². The Kier molecular flexibility index (Phi) is 5.49. The molecule has 0 heterocycles. The minimum absolute atomic E-state index is 0.238. The van der Waals surface area contributed by atoms with Gasteiger partial charge in [0.15, 0.2) is 0 Å². The van der Waals surface area contributed by atoms with E-state index in [1.54, 1.807) is 0 Å². The Balaban J connectivity index is 1.72. The number of ether oxygens (including phenoxy) is 1. The molecule has 4 atom stereocenters. The fourth-order valence-electron chi connectivity index (χ4n) is 3.74. The zero-order chi connectivity index (χ0) is 14.8. The number of nitrogens with one attached hydrogen (secondary N) is 1. The predicted molar refractivity (Wildman–Crippen MR) is 82.7 cm³/mol. The molecule has 0 spiro atoms. The van der Waals surface area contributed by atoms with Crippen molar-refractivity contribution in [2.24, 2.45) is 23.2 Å². The first-order chi connectivity index (χ1) is 9.45. The summed E-state index contributed by atoms with van der Waals surface area (Å²) in [7, 11) is 0. The van der Waals surface area contributed by atoms with E-state index in [0.29, 0.717) is 36.5 Å². The van der Waals surface area contributed by atoms with Gasteiger partial charge in [0.05, 0.1) is 6.10 Å². The van der Waals surface area contributed by atoms with Crippen molar-refractivity contribution < 1.29 is 9.84 Å². The molecule has 4 unspecified atom stereocenters. The van der Waals surface area contributed by atoms with Gasteiger partial charge in [-0.3, -0.25) is 0 Å². The van der Waals surface area contributed by atoms with Crippen molar-refractivity contribution in [2.75, 3.05) is 19.8 Å². The summed E-state index contributed by atoms with van der Waals surface area (Å²) in [6.07, 6.45) is 5.30. The Morgan fingerprint density at radius 1 is 1.25 bits per heavy atom. The van der Waals surface area contributed by atoms with Crippen molar-refractivity contribution in [2.45, 2.75) is 65.5 Å². The minimum atomic E-state index is 0.238. The van der Waals surface area contributed by atoms with Crippen LogP contribution >= 0.6 is 0 Å². The number of aliphatic hydroxyl groups excluding tert-OH is 1. The highest BCUT2D eigenvalue weighted by Gasteiger charge is 2.49. The van der Waals surface area contributed by atoms with E-state index in [1.807, 2.05) is 0 Å². The average molecular weight is 283 g/mol. The molecule has 0 radical (unpaired) electrons. The normalized spacial score (nSPS) is 36.3. The Bertz CT molecular complexity index is 303. The molecular formula is C17H33NO2. The topological polar surface area (TPSA) is 41.5 Å². The number of aliphatic hydroxyl groups is 1. The van der Waals surface area contributed by atoms with Crippen LogP contribution in [0.2, 0.25) is 0 Å². The largest absolute Gasteiger partial charge is 0.396 e. The molecule has 20 heavy (non-hydrogen) atoms.